The van der Waals surface area contributed by atoms with Gasteiger partial charge in [-0.25, -0.2) is 15.0 Å². The molecule has 0 unspecified atom stereocenters. The van der Waals surface area contributed by atoms with Gasteiger partial charge in [-0.05, 0) is 105 Å². The maximum atomic E-state index is 14.6. The number of benzene rings is 6. The molecule has 0 atom stereocenters. The third kappa shape index (κ3) is 10.1. The summed E-state index contributed by atoms with van der Waals surface area (Å²) in [4.78, 5) is 40.8. The summed E-state index contributed by atoms with van der Waals surface area (Å²) >= 11 is 0. The van der Waals surface area contributed by atoms with Gasteiger partial charge in [0.2, 0.25) is 0 Å². The molecule has 10 aromatic rings. The summed E-state index contributed by atoms with van der Waals surface area (Å²) in [6, 6.07) is 63.1. The Labute approximate surface area is 455 Å². The summed E-state index contributed by atoms with van der Waals surface area (Å²) in [6.07, 6.45) is 12.0. The molecule has 6 aromatic carbocycles. The van der Waals surface area contributed by atoms with E-state index in [4.69, 9.17) is 19.9 Å². The van der Waals surface area contributed by atoms with Gasteiger partial charge in [0.1, 0.15) is 8.07 Å². The van der Waals surface area contributed by atoms with Crippen LogP contribution in [0.3, 0.4) is 0 Å². The molecule has 0 aliphatic carbocycles. The van der Waals surface area contributed by atoms with Crippen molar-refractivity contribution in [1.29, 1.82) is 0 Å². The first-order valence-electron chi connectivity index (χ1n) is 25.0. The van der Waals surface area contributed by atoms with Gasteiger partial charge in [0.05, 0.1) is 41.0 Å². The molecule has 0 spiro atoms. The molecule has 0 fully saturated rings. The van der Waals surface area contributed by atoms with Gasteiger partial charge >= 0.3 is 19.5 Å². The number of imidazole rings is 1. The van der Waals surface area contributed by atoms with E-state index >= 15 is 0 Å². The number of nitrogens with one attached hydrogen (secondary N) is 1. The summed E-state index contributed by atoms with van der Waals surface area (Å²) in [5.41, 5.74) is 21.9. The number of amides is 1. The second-order valence-corrected chi connectivity index (χ2v) is 24.4. The largest absolute Gasteiger partial charge is 2.00 e. The number of hydrogen-bond acceptors (Lipinski definition) is 4. The molecule has 8 bridgehead atoms. The van der Waals surface area contributed by atoms with E-state index in [1.165, 1.54) is 0 Å². The minimum absolute atomic E-state index is 0. The Morgan fingerprint density at radius 3 is 1.55 bits per heavy atom. The third-order valence-electron chi connectivity index (χ3n) is 13.3. The number of fused-ring (bicyclic) bond motifs is 8. The number of para-hydroxylation sites is 1. The van der Waals surface area contributed by atoms with Crippen LogP contribution in [0.15, 0.2) is 201 Å². The molecule has 6 heterocycles. The summed E-state index contributed by atoms with van der Waals surface area (Å²) < 4.78 is 2.10. The van der Waals surface area contributed by atoms with Gasteiger partial charge in [0, 0.05) is 28.9 Å². The smallest absolute Gasteiger partial charge is 0.657 e. The van der Waals surface area contributed by atoms with E-state index in [-0.39, 0.29) is 25.4 Å². The predicted molar refractivity (Wildman–Crippen MR) is 310 cm³/mol. The number of nitrogens with zero attached hydrogens (tertiary/aromatic N) is 6. The van der Waals surface area contributed by atoms with E-state index in [9.17, 15) is 4.79 Å². The van der Waals surface area contributed by atoms with Gasteiger partial charge in [-0.15, -0.1) is 27.6 Å². The van der Waals surface area contributed by atoms with Crippen LogP contribution in [0, 0.1) is 11.5 Å². The molecule has 0 radical (unpaired) electrons. The van der Waals surface area contributed by atoms with Gasteiger partial charge in [0.25, 0.3) is 5.91 Å². The van der Waals surface area contributed by atoms with Crippen molar-refractivity contribution >= 4 is 66.0 Å². The van der Waals surface area contributed by atoms with E-state index < -0.39 is 8.07 Å². The molecule has 12 rings (SSSR count). The van der Waals surface area contributed by atoms with Crippen LogP contribution in [0.4, 0.5) is 5.69 Å². The van der Waals surface area contributed by atoms with Gasteiger partial charge < -0.3 is 19.9 Å². The molecule has 10 heteroatoms. The zero-order valence-electron chi connectivity index (χ0n) is 42.4. The maximum absolute atomic E-state index is 14.6. The fourth-order valence-corrected chi connectivity index (χ4v) is 10.3. The van der Waals surface area contributed by atoms with Crippen molar-refractivity contribution in [3.05, 3.63) is 240 Å². The van der Waals surface area contributed by atoms with Crippen LogP contribution in [-0.4, -0.2) is 33.5 Å². The van der Waals surface area contributed by atoms with Gasteiger partial charge in [-0.2, -0.15) is 0 Å². The van der Waals surface area contributed by atoms with Crippen molar-refractivity contribution in [2.75, 3.05) is 5.32 Å². The summed E-state index contributed by atoms with van der Waals surface area (Å²) in [5, 5.41) is 3.30. The third-order valence-corrected chi connectivity index (χ3v) is 14.1. The van der Waals surface area contributed by atoms with Crippen LogP contribution >= 0.6 is 0 Å². The average molecular weight is 1050 g/mol. The Kier molecular flexibility index (Phi) is 13.7. The Balaban J connectivity index is 0.00000616. The molecule has 2 aliphatic heterocycles. The fraction of sp³-hybridized carbons (Fsp3) is 0.0606. The monoisotopic (exact) mass is 1050 g/mol. The van der Waals surface area contributed by atoms with Crippen LogP contribution in [0.2, 0.25) is 19.6 Å². The Bertz CT molecular complexity index is 4080. The maximum Gasteiger partial charge on any atom is 2.00 e. The van der Waals surface area contributed by atoms with Crippen molar-refractivity contribution in [3.63, 3.8) is 0 Å². The molecule has 76 heavy (non-hydrogen) atoms. The molecule has 1 amide bonds. The topological polar surface area (TPSA) is 101 Å². The second-order valence-electron chi connectivity index (χ2n) is 19.6. The molecule has 1 N–H and O–H groups in total. The number of carbonyl (C=O) groups excluding carboxylic acids is 1. The Morgan fingerprint density at radius 1 is 0.539 bits per heavy atom. The SMILES string of the molecule is C[Si](C)(C)C#Cc1ccc(-c2cncn2Cc2cccc(C(=O)Nc3ccccc3-c3c4nc(c(-c5ccccc5)c5ccc([n-]5)c(-c5ccccc5)c5nc(c(-c6ccccc6)c6ccc3[n-]6)C=C5)C=C4)c2)cc1.[Zn+2]. The number of rotatable bonds is 9. The molecule has 8 nitrogen and oxygen atoms in total. The minimum atomic E-state index is -1.50. The summed E-state index contributed by atoms with van der Waals surface area (Å²) in [7, 11) is -1.50. The standard InChI is InChI=1S/C66H50N7OSi.Zn/c1-75(2,3)39-38-44-26-28-46(29-27-44)61-41-67-43-73(61)42-45-16-15-23-50(40-45)66(74)72-52-25-14-13-24-51(52)65-59-36-34-57(70-59)63(48-19-9-5-10-20-48)55-32-30-53(68-55)62(47-17-7-4-8-18-47)54-31-33-56(69-54)64(49-21-11-6-12-22-49)58-35-37-60(65)71-58;/h4-37,40-41,43H,42H2,1-3H3,(H2-,68,69,70,71,72,74);/q-1;+2/p-1. The molecular formula is C66H49N7OSiZn. The summed E-state index contributed by atoms with van der Waals surface area (Å²) in [5.74, 6) is 3.11. The quantitative estimate of drug-likeness (QED) is 0.114. The Hall–Kier alpha value is -9.00. The fourth-order valence-electron chi connectivity index (χ4n) is 9.75. The van der Waals surface area contributed by atoms with Crippen LogP contribution in [-0.2, 0) is 26.0 Å². The van der Waals surface area contributed by atoms with E-state index in [1.807, 2.05) is 128 Å². The molecule has 0 saturated heterocycles. The molecule has 4 aromatic heterocycles. The number of hydrogen-bond donors (Lipinski definition) is 1. The normalized spacial score (nSPS) is 11.7. The van der Waals surface area contributed by atoms with Gasteiger partial charge in [-0.3, -0.25) is 4.79 Å². The first-order valence-corrected chi connectivity index (χ1v) is 28.5. The van der Waals surface area contributed by atoms with Crippen LogP contribution in [0.5, 0.6) is 0 Å². The molecule has 0 saturated carbocycles. The minimum Gasteiger partial charge on any atom is -0.657 e. The van der Waals surface area contributed by atoms with E-state index in [1.54, 1.807) is 0 Å². The van der Waals surface area contributed by atoms with Crippen molar-refractivity contribution in [2.24, 2.45) is 0 Å². The van der Waals surface area contributed by atoms with Crippen molar-refractivity contribution < 1.29 is 24.3 Å². The average Bonchev–Trinajstić information content (AvgIpc) is 4.32. The first-order chi connectivity index (χ1) is 36.7. The van der Waals surface area contributed by atoms with Crippen molar-refractivity contribution in [1.82, 2.24) is 29.5 Å². The molecular weight excluding hydrogens is 1000 g/mol. The Morgan fingerprint density at radius 2 is 1.03 bits per heavy atom. The molecule has 2 aliphatic rings. The van der Waals surface area contributed by atoms with Gasteiger partial charge in [-0.1, -0.05) is 183 Å². The van der Waals surface area contributed by atoms with E-state index in [2.05, 4.69) is 143 Å². The van der Waals surface area contributed by atoms with Crippen molar-refractivity contribution in [2.45, 2.75) is 26.2 Å². The predicted octanol–water partition coefficient (Wildman–Crippen LogP) is 15.0. The first kappa shape index (κ1) is 49.2. The zero-order chi connectivity index (χ0) is 50.9. The van der Waals surface area contributed by atoms with Crippen molar-refractivity contribution in [3.8, 4) is 67.2 Å². The number of carbonyl (C=O) groups is 1. The van der Waals surface area contributed by atoms with Gasteiger partial charge in [0.15, 0.2) is 0 Å². The summed E-state index contributed by atoms with van der Waals surface area (Å²) in [6.45, 7) is 7.26. The van der Waals surface area contributed by atoms with Crippen LogP contribution in [0.1, 0.15) is 44.3 Å². The van der Waals surface area contributed by atoms with E-state index in [0.717, 1.165) is 101 Å². The molecule has 360 valence electrons. The number of aromatic nitrogens is 6. The second kappa shape index (κ2) is 21.1. The van der Waals surface area contributed by atoms with Crippen LogP contribution < -0.4 is 15.3 Å². The zero-order valence-corrected chi connectivity index (χ0v) is 46.3. The number of anilines is 1. The van der Waals surface area contributed by atoms with E-state index in [0.29, 0.717) is 29.0 Å². The van der Waals surface area contributed by atoms with Crippen LogP contribution in [0.25, 0.3) is 102 Å².